The molecule has 1 amide bonds. The summed E-state index contributed by atoms with van der Waals surface area (Å²) in [6.07, 6.45) is 5.39. The number of carbonyl (C=O) groups excluding carboxylic acids is 1. The Labute approximate surface area is 131 Å². The van der Waals surface area contributed by atoms with Gasteiger partial charge in [-0.2, -0.15) is 0 Å². The van der Waals surface area contributed by atoms with Gasteiger partial charge in [0.15, 0.2) is 0 Å². The van der Waals surface area contributed by atoms with Crippen LogP contribution >= 0.6 is 0 Å². The Balaban J connectivity index is 1.63. The molecule has 0 saturated carbocycles. The fraction of sp³-hybridized carbons (Fsp3) is 0.588. The number of likely N-dealkylation sites (tertiary alicyclic amines) is 1. The van der Waals surface area contributed by atoms with Gasteiger partial charge in [0.25, 0.3) is 0 Å². The van der Waals surface area contributed by atoms with Crippen molar-refractivity contribution in [2.75, 3.05) is 26.2 Å². The Morgan fingerprint density at radius 1 is 1.45 bits per heavy atom. The number of furan rings is 1. The van der Waals surface area contributed by atoms with E-state index in [-0.39, 0.29) is 24.2 Å². The van der Waals surface area contributed by atoms with Gasteiger partial charge in [-0.05, 0) is 31.9 Å². The third kappa shape index (κ3) is 2.83. The van der Waals surface area contributed by atoms with E-state index in [1.165, 1.54) is 0 Å². The highest BCUT2D eigenvalue weighted by atomic mass is 16.5. The minimum Gasteiger partial charge on any atom is -0.468 e. The van der Waals surface area contributed by atoms with Gasteiger partial charge in [0.05, 0.1) is 24.5 Å². The van der Waals surface area contributed by atoms with E-state index in [1.54, 1.807) is 12.3 Å². The number of ether oxygens (including phenoxy) is 1. The van der Waals surface area contributed by atoms with Crippen molar-refractivity contribution < 1.29 is 13.9 Å². The maximum absolute atomic E-state index is 12.0. The van der Waals surface area contributed by atoms with Gasteiger partial charge in [0.1, 0.15) is 12.4 Å². The highest BCUT2D eigenvalue weighted by Crippen LogP contribution is 2.35. The minimum atomic E-state index is -0.212. The highest BCUT2D eigenvalue weighted by molar-refractivity contribution is 5.79. The first kappa shape index (κ1) is 15.3. The molecule has 5 heteroatoms. The fourth-order valence-electron chi connectivity index (χ4n) is 3.58. The van der Waals surface area contributed by atoms with Crippen LogP contribution in [0.3, 0.4) is 0 Å². The van der Waals surface area contributed by atoms with Crippen LogP contribution in [0, 0.1) is 0 Å². The zero-order chi connectivity index (χ0) is 15.6. The summed E-state index contributed by atoms with van der Waals surface area (Å²) in [6.45, 7) is 9.41. The van der Waals surface area contributed by atoms with Crippen LogP contribution in [0.2, 0.25) is 0 Å². The fourth-order valence-corrected chi connectivity index (χ4v) is 3.58. The van der Waals surface area contributed by atoms with Crippen LogP contribution in [0.1, 0.15) is 25.5 Å². The van der Waals surface area contributed by atoms with Gasteiger partial charge in [-0.25, -0.2) is 0 Å². The van der Waals surface area contributed by atoms with Crippen molar-refractivity contribution in [1.29, 1.82) is 0 Å². The van der Waals surface area contributed by atoms with Crippen LogP contribution in [0.5, 0.6) is 0 Å². The lowest BCUT2D eigenvalue weighted by molar-refractivity contribution is -0.185. The topological polar surface area (TPSA) is 45.9 Å². The summed E-state index contributed by atoms with van der Waals surface area (Å²) in [6, 6.07) is 4.03. The molecular weight excluding hydrogens is 280 g/mol. The van der Waals surface area contributed by atoms with Gasteiger partial charge in [-0.3, -0.25) is 9.69 Å². The van der Waals surface area contributed by atoms with E-state index >= 15 is 0 Å². The summed E-state index contributed by atoms with van der Waals surface area (Å²) in [7, 11) is 0. The van der Waals surface area contributed by atoms with Gasteiger partial charge < -0.3 is 14.1 Å². The molecule has 1 aromatic heterocycles. The van der Waals surface area contributed by atoms with E-state index in [2.05, 4.69) is 18.4 Å². The molecule has 1 atom stereocenters. The number of piperidine rings is 1. The smallest absolute Gasteiger partial charge is 0.249 e. The molecule has 0 unspecified atom stereocenters. The van der Waals surface area contributed by atoms with Crippen LogP contribution in [0.4, 0.5) is 0 Å². The van der Waals surface area contributed by atoms with Crippen molar-refractivity contribution in [2.24, 2.45) is 0 Å². The van der Waals surface area contributed by atoms with E-state index in [4.69, 9.17) is 9.15 Å². The normalized spacial score (nSPS) is 25.6. The molecular formula is C17H24N2O3. The minimum absolute atomic E-state index is 0.0658. The van der Waals surface area contributed by atoms with Crippen molar-refractivity contribution in [1.82, 2.24) is 9.80 Å². The first-order valence-electron chi connectivity index (χ1n) is 7.94. The summed E-state index contributed by atoms with van der Waals surface area (Å²) in [5.74, 6) is 1.06. The van der Waals surface area contributed by atoms with Crippen molar-refractivity contribution in [2.45, 2.75) is 38.0 Å². The quantitative estimate of drug-likeness (QED) is 0.799. The first-order chi connectivity index (χ1) is 10.6. The lowest BCUT2D eigenvalue weighted by atomic mass is 9.82. The van der Waals surface area contributed by atoms with Gasteiger partial charge in [-0.15, -0.1) is 6.58 Å². The molecule has 2 aliphatic rings. The summed E-state index contributed by atoms with van der Waals surface area (Å²) in [5, 5.41) is 0. The molecule has 0 bridgehead atoms. The lowest BCUT2D eigenvalue weighted by Crippen LogP contribution is -2.63. The number of hydrogen-bond acceptors (Lipinski definition) is 4. The van der Waals surface area contributed by atoms with Gasteiger partial charge in [0.2, 0.25) is 5.91 Å². The third-order valence-corrected chi connectivity index (χ3v) is 5.02. The SMILES string of the molecule is C=CCN1C(=O)COC2(CCN(Cc3ccco3)CC2)[C@H]1C. The third-order valence-electron chi connectivity index (χ3n) is 5.02. The van der Waals surface area contributed by atoms with Gasteiger partial charge in [-0.1, -0.05) is 6.08 Å². The Morgan fingerprint density at radius 3 is 2.86 bits per heavy atom. The molecule has 5 nitrogen and oxygen atoms in total. The van der Waals surface area contributed by atoms with Crippen LogP contribution in [0.15, 0.2) is 35.5 Å². The second-order valence-corrected chi connectivity index (χ2v) is 6.22. The maximum Gasteiger partial charge on any atom is 0.249 e. The van der Waals surface area contributed by atoms with Crippen molar-refractivity contribution in [3.8, 4) is 0 Å². The highest BCUT2D eigenvalue weighted by Gasteiger charge is 2.47. The second kappa shape index (κ2) is 6.26. The standard InChI is InChI=1S/C17H24N2O3/c1-3-8-19-14(2)17(22-13-16(19)20)6-9-18(10-7-17)12-15-5-4-11-21-15/h3-5,11,14H,1,6-10,12-13H2,2H3/t14-/m1/s1. The van der Waals surface area contributed by atoms with Crippen LogP contribution in [-0.2, 0) is 16.1 Å². The molecule has 3 rings (SSSR count). The number of hydrogen-bond donors (Lipinski definition) is 0. The Kier molecular flexibility index (Phi) is 4.36. The number of amides is 1. The largest absolute Gasteiger partial charge is 0.468 e. The molecule has 1 aromatic rings. The predicted octanol–water partition coefficient (Wildman–Crippen LogP) is 2.05. The molecule has 3 heterocycles. The molecule has 0 radical (unpaired) electrons. The van der Waals surface area contributed by atoms with E-state index in [0.29, 0.717) is 6.54 Å². The van der Waals surface area contributed by atoms with Crippen molar-refractivity contribution >= 4 is 5.91 Å². The summed E-state index contributed by atoms with van der Waals surface area (Å²) >= 11 is 0. The number of rotatable bonds is 4. The van der Waals surface area contributed by atoms with Crippen LogP contribution in [0.25, 0.3) is 0 Å². The van der Waals surface area contributed by atoms with Crippen molar-refractivity contribution in [3.05, 3.63) is 36.8 Å². The molecule has 0 aromatic carbocycles. The first-order valence-corrected chi connectivity index (χ1v) is 7.94. The lowest BCUT2D eigenvalue weighted by Gasteiger charge is -2.51. The van der Waals surface area contributed by atoms with E-state index in [1.807, 2.05) is 17.0 Å². The van der Waals surface area contributed by atoms with Crippen molar-refractivity contribution in [3.63, 3.8) is 0 Å². The second-order valence-electron chi connectivity index (χ2n) is 6.22. The Bertz CT molecular complexity index is 518. The number of nitrogens with zero attached hydrogens (tertiary/aromatic N) is 2. The molecule has 1 spiro atoms. The number of carbonyl (C=O) groups is 1. The van der Waals surface area contributed by atoms with Crippen LogP contribution in [-0.4, -0.2) is 53.6 Å². The van der Waals surface area contributed by atoms with Gasteiger partial charge in [0, 0.05) is 19.6 Å². The molecule has 0 N–H and O–H groups in total. The van der Waals surface area contributed by atoms with E-state index in [0.717, 1.165) is 38.2 Å². The monoisotopic (exact) mass is 304 g/mol. The summed E-state index contributed by atoms with van der Waals surface area (Å²) in [5.41, 5.74) is -0.212. The zero-order valence-corrected chi connectivity index (χ0v) is 13.2. The molecule has 22 heavy (non-hydrogen) atoms. The molecule has 2 fully saturated rings. The van der Waals surface area contributed by atoms with E-state index < -0.39 is 0 Å². The summed E-state index contributed by atoms with van der Waals surface area (Å²) < 4.78 is 11.4. The predicted molar refractivity (Wildman–Crippen MR) is 83.3 cm³/mol. The maximum atomic E-state index is 12.0. The molecule has 120 valence electrons. The number of morpholine rings is 1. The molecule has 2 saturated heterocycles. The Hall–Kier alpha value is -1.59. The molecule has 2 aliphatic heterocycles. The van der Waals surface area contributed by atoms with Gasteiger partial charge >= 0.3 is 0 Å². The average molecular weight is 304 g/mol. The average Bonchev–Trinajstić information content (AvgIpc) is 3.03. The Morgan fingerprint density at radius 2 is 2.23 bits per heavy atom. The van der Waals surface area contributed by atoms with Crippen LogP contribution < -0.4 is 0 Å². The summed E-state index contributed by atoms with van der Waals surface area (Å²) in [4.78, 5) is 16.3. The van der Waals surface area contributed by atoms with E-state index in [9.17, 15) is 4.79 Å². The molecule has 0 aliphatic carbocycles. The zero-order valence-electron chi connectivity index (χ0n) is 13.2.